The summed E-state index contributed by atoms with van der Waals surface area (Å²) in [4.78, 5) is 12.3. The minimum atomic E-state index is -0.198. The molecule has 0 aliphatic carbocycles. The lowest BCUT2D eigenvalue weighted by atomic mass is 10.00. The molecule has 0 aliphatic rings. The molecule has 0 fully saturated rings. The minimum Gasteiger partial charge on any atom is -0.398 e. The Morgan fingerprint density at radius 1 is 1.19 bits per heavy atom. The average Bonchev–Trinajstić information content (AvgIpc) is 2.37. The van der Waals surface area contributed by atoms with Gasteiger partial charge in [0, 0.05) is 10.7 Å². The van der Waals surface area contributed by atoms with Crippen molar-refractivity contribution < 1.29 is 4.79 Å². The van der Waals surface area contributed by atoms with Gasteiger partial charge in [-0.1, -0.05) is 35.4 Å². The lowest BCUT2D eigenvalue weighted by Gasteiger charge is -2.18. The molecule has 0 heterocycles. The van der Waals surface area contributed by atoms with Crippen molar-refractivity contribution >= 4 is 23.2 Å². The Hall–Kier alpha value is -2.00. The van der Waals surface area contributed by atoms with Gasteiger partial charge in [-0.2, -0.15) is 0 Å². The van der Waals surface area contributed by atoms with Gasteiger partial charge in [-0.15, -0.1) is 0 Å². The van der Waals surface area contributed by atoms with Gasteiger partial charge in [-0.3, -0.25) is 4.79 Å². The zero-order chi connectivity index (χ0) is 15.6. The number of anilines is 1. The third-order valence-electron chi connectivity index (χ3n) is 3.50. The summed E-state index contributed by atoms with van der Waals surface area (Å²) >= 11 is 5.85. The van der Waals surface area contributed by atoms with Crippen molar-refractivity contribution in [2.45, 2.75) is 26.8 Å². The lowest BCUT2D eigenvalue weighted by molar-refractivity contribution is 0.0940. The predicted octanol–water partition coefficient (Wildman–Crippen LogP) is 4.03. The van der Waals surface area contributed by atoms with E-state index in [2.05, 4.69) is 18.3 Å². The number of hydrogen-bond donors (Lipinski definition) is 2. The first-order chi connectivity index (χ1) is 9.88. The largest absolute Gasteiger partial charge is 0.398 e. The van der Waals surface area contributed by atoms with Crippen molar-refractivity contribution in [3.05, 3.63) is 63.7 Å². The van der Waals surface area contributed by atoms with Crippen LogP contribution < -0.4 is 11.1 Å². The van der Waals surface area contributed by atoms with Crippen LogP contribution in [0.15, 0.2) is 36.4 Å². The van der Waals surface area contributed by atoms with Crippen molar-refractivity contribution in [2.75, 3.05) is 5.73 Å². The lowest BCUT2D eigenvalue weighted by Crippen LogP contribution is -2.27. The number of nitrogens with one attached hydrogen (secondary N) is 1. The average molecular weight is 303 g/mol. The molecule has 3 nitrogen and oxygen atoms in total. The van der Waals surface area contributed by atoms with Gasteiger partial charge in [0.25, 0.3) is 5.91 Å². The van der Waals surface area contributed by atoms with Gasteiger partial charge in [-0.05, 0) is 50.1 Å². The van der Waals surface area contributed by atoms with Crippen LogP contribution in [0.4, 0.5) is 5.69 Å². The Balaban J connectivity index is 2.18. The van der Waals surface area contributed by atoms with Crippen LogP contribution in [0.1, 0.15) is 40.0 Å². The fourth-order valence-corrected chi connectivity index (χ4v) is 2.58. The predicted molar refractivity (Wildman–Crippen MR) is 87.7 cm³/mol. The molecule has 0 spiro atoms. The van der Waals surface area contributed by atoms with E-state index >= 15 is 0 Å². The number of rotatable bonds is 3. The zero-order valence-electron chi connectivity index (χ0n) is 12.4. The molecular weight excluding hydrogens is 284 g/mol. The number of benzene rings is 2. The summed E-state index contributed by atoms with van der Waals surface area (Å²) in [7, 11) is 0. The minimum absolute atomic E-state index is 0.0896. The molecule has 3 N–H and O–H groups in total. The molecule has 2 aromatic rings. The van der Waals surface area contributed by atoms with Gasteiger partial charge in [0.05, 0.1) is 11.6 Å². The second-order valence-electron chi connectivity index (χ2n) is 5.29. The van der Waals surface area contributed by atoms with Crippen molar-refractivity contribution in [1.82, 2.24) is 5.32 Å². The maximum Gasteiger partial charge on any atom is 0.253 e. The topological polar surface area (TPSA) is 55.1 Å². The van der Waals surface area contributed by atoms with E-state index in [-0.39, 0.29) is 11.9 Å². The van der Waals surface area contributed by atoms with E-state index in [1.807, 2.05) is 26.0 Å². The van der Waals surface area contributed by atoms with Gasteiger partial charge in [-0.25, -0.2) is 0 Å². The number of amides is 1. The number of aryl methyl sites for hydroxylation is 2. The first kappa shape index (κ1) is 15.4. The van der Waals surface area contributed by atoms with Crippen LogP contribution in [0, 0.1) is 13.8 Å². The number of halogens is 1. The van der Waals surface area contributed by atoms with E-state index < -0.39 is 0 Å². The van der Waals surface area contributed by atoms with Gasteiger partial charge >= 0.3 is 0 Å². The standard InChI is InChI=1S/C17H19ClN2O/c1-10-4-6-14(11(2)8-10)12(3)20-17(21)15-7-5-13(18)9-16(15)19/h4-9,12H,19H2,1-3H3,(H,20,21). The Morgan fingerprint density at radius 3 is 2.52 bits per heavy atom. The first-order valence-corrected chi connectivity index (χ1v) is 7.19. The van der Waals surface area contributed by atoms with Crippen molar-refractivity contribution in [3.8, 4) is 0 Å². The van der Waals surface area contributed by atoms with Gasteiger partial charge in [0.2, 0.25) is 0 Å². The number of carbonyl (C=O) groups is 1. The zero-order valence-corrected chi connectivity index (χ0v) is 13.2. The number of hydrogen-bond acceptors (Lipinski definition) is 2. The summed E-state index contributed by atoms with van der Waals surface area (Å²) in [6.45, 7) is 6.05. The van der Waals surface area contributed by atoms with Crippen LogP contribution in [0.25, 0.3) is 0 Å². The molecule has 0 bridgehead atoms. The summed E-state index contributed by atoms with van der Waals surface area (Å²) < 4.78 is 0. The van der Waals surface area contributed by atoms with Crippen LogP contribution in [0.3, 0.4) is 0 Å². The molecule has 21 heavy (non-hydrogen) atoms. The molecule has 0 aromatic heterocycles. The molecule has 110 valence electrons. The second-order valence-corrected chi connectivity index (χ2v) is 5.72. The molecule has 2 rings (SSSR count). The number of carbonyl (C=O) groups excluding carboxylic acids is 1. The molecule has 0 saturated carbocycles. The molecule has 1 unspecified atom stereocenters. The SMILES string of the molecule is Cc1ccc(C(C)NC(=O)c2ccc(Cl)cc2N)c(C)c1. The molecule has 0 radical (unpaired) electrons. The van der Waals surface area contributed by atoms with Crippen molar-refractivity contribution in [1.29, 1.82) is 0 Å². The Morgan fingerprint density at radius 2 is 1.90 bits per heavy atom. The third-order valence-corrected chi connectivity index (χ3v) is 3.73. The summed E-state index contributed by atoms with van der Waals surface area (Å²) in [5.74, 6) is -0.198. The van der Waals surface area contributed by atoms with Crippen LogP contribution in [-0.2, 0) is 0 Å². The van der Waals surface area contributed by atoms with E-state index in [1.165, 1.54) is 5.56 Å². The van der Waals surface area contributed by atoms with Crippen LogP contribution >= 0.6 is 11.6 Å². The Labute approximate surface area is 130 Å². The molecule has 0 saturated heterocycles. The maximum absolute atomic E-state index is 12.3. The van der Waals surface area contributed by atoms with Crippen LogP contribution in [-0.4, -0.2) is 5.91 Å². The van der Waals surface area contributed by atoms with Crippen LogP contribution in [0.5, 0.6) is 0 Å². The molecule has 1 amide bonds. The fourth-order valence-electron chi connectivity index (χ4n) is 2.40. The Kier molecular flexibility index (Phi) is 4.53. The summed E-state index contributed by atoms with van der Waals surface area (Å²) in [5, 5.41) is 3.49. The normalized spacial score (nSPS) is 12.0. The third kappa shape index (κ3) is 3.56. The summed E-state index contributed by atoms with van der Waals surface area (Å²) in [6, 6.07) is 11.0. The fraction of sp³-hybridized carbons (Fsp3) is 0.235. The van der Waals surface area contributed by atoms with E-state index in [9.17, 15) is 4.79 Å². The van der Waals surface area contributed by atoms with Crippen LogP contribution in [0.2, 0.25) is 5.02 Å². The monoisotopic (exact) mass is 302 g/mol. The Bertz CT molecular complexity index is 682. The van der Waals surface area contributed by atoms with E-state index in [0.717, 1.165) is 11.1 Å². The molecule has 1 atom stereocenters. The van der Waals surface area contributed by atoms with E-state index in [1.54, 1.807) is 18.2 Å². The second kappa shape index (κ2) is 6.19. The highest BCUT2D eigenvalue weighted by Gasteiger charge is 2.15. The van der Waals surface area contributed by atoms with Crippen molar-refractivity contribution in [2.24, 2.45) is 0 Å². The highest BCUT2D eigenvalue weighted by atomic mass is 35.5. The molecular formula is C17H19ClN2O. The molecule has 0 aliphatic heterocycles. The molecule has 4 heteroatoms. The highest BCUT2D eigenvalue weighted by molar-refractivity contribution is 6.31. The number of nitrogen functional groups attached to an aromatic ring is 1. The summed E-state index contributed by atoms with van der Waals surface area (Å²) in [5.41, 5.74) is 10.1. The van der Waals surface area contributed by atoms with E-state index in [0.29, 0.717) is 16.3 Å². The summed E-state index contributed by atoms with van der Waals surface area (Å²) in [6.07, 6.45) is 0. The highest BCUT2D eigenvalue weighted by Crippen LogP contribution is 2.21. The van der Waals surface area contributed by atoms with Gasteiger partial charge < -0.3 is 11.1 Å². The van der Waals surface area contributed by atoms with Gasteiger partial charge in [0.15, 0.2) is 0 Å². The quantitative estimate of drug-likeness (QED) is 0.841. The maximum atomic E-state index is 12.3. The van der Waals surface area contributed by atoms with Gasteiger partial charge in [0.1, 0.15) is 0 Å². The van der Waals surface area contributed by atoms with E-state index in [4.69, 9.17) is 17.3 Å². The number of nitrogens with two attached hydrogens (primary N) is 1. The first-order valence-electron chi connectivity index (χ1n) is 6.81. The smallest absolute Gasteiger partial charge is 0.253 e. The van der Waals surface area contributed by atoms with Crippen molar-refractivity contribution in [3.63, 3.8) is 0 Å². The molecule has 2 aromatic carbocycles.